The first-order valence-electron chi connectivity index (χ1n) is 4.72. The maximum atomic E-state index is 10.5. The lowest BCUT2D eigenvalue weighted by atomic mass is 10.3. The van der Waals surface area contributed by atoms with Crippen LogP contribution in [-0.2, 0) is 22.4 Å². The number of thiazole rings is 1. The lowest BCUT2D eigenvalue weighted by Gasteiger charge is -1.99. The minimum Gasteiger partial charge on any atom is -0.465 e. The van der Waals surface area contributed by atoms with E-state index in [0.717, 1.165) is 23.5 Å². The van der Waals surface area contributed by atoms with Crippen LogP contribution < -0.4 is 0 Å². The third kappa shape index (κ3) is 3.10. The molecule has 3 nitrogen and oxygen atoms in total. The van der Waals surface area contributed by atoms with Crippen LogP contribution in [0.3, 0.4) is 0 Å². The Morgan fingerprint density at radius 1 is 1.57 bits per heavy atom. The highest BCUT2D eigenvalue weighted by Crippen LogP contribution is 2.18. The summed E-state index contributed by atoms with van der Waals surface area (Å²) in [7, 11) is 0. The Balaban J connectivity index is 2.49. The maximum Gasteiger partial charge on any atom is 0.302 e. The molecule has 0 fully saturated rings. The van der Waals surface area contributed by atoms with Gasteiger partial charge in [-0.3, -0.25) is 4.79 Å². The fraction of sp³-hybridized carbons (Fsp3) is 0.600. The second-order valence-electron chi connectivity index (χ2n) is 3.06. The van der Waals surface area contributed by atoms with Crippen LogP contribution in [0.25, 0.3) is 0 Å². The molecule has 1 heterocycles. The highest BCUT2D eigenvalue weighted by molar-refractivity contribution is 7.11. The summed E-state index contributed by atoms with van der Waals surface area (Å²) in [4.78, 5) is 16.2. The van der Waals surface area contributed by atoms with Gasteiger partial charge < -0.3 is 4.74 Å². The average molecular weight is 213 g/mol. The first-order valence-corrected chi connectivity index (χ1v) is 5.53. The summed E-state index contributed by atoms with van der Waals surface area (Å²) >= 11 is 1.71. The van der Waals surface area contributed by atoms with E-state index in [1.54, 1.807) is 11.3 Å². The van der Waals surface area contributed by atoms with Gasteiger partial charge in [0.2, 0.25) is 0 Å². The standard InChI is InChI=1S/C10H15NO2S/c1-4-10-11-7(2)9(14-10)5-6-13-8(3)12/h4-6H2,1-3H3. The minimum absolute atomic E-state index is 0.220. The van der Waals surface area contributed by atoms with Gasteiger partial charge in [-0.2, -0.15) is 0 Å². The van der Waals surface area contributed by atoms with Gasteiger partial charge in [-0.1, -0.05) is 6.92 Å². The number of ether oxygens (including phenoxy) is 1. The molecular weight excluding hydrogens is 198 g/mol. The summed E-state index contributed by atoms with van der Waals surface area (Å²) in [5, 5.41) is 1.15. The average Bonchev–Trinajstić information content (AvgIpc) is 2.47. The molecule has 0 aliphatic rings. The van der Waals surface area contributed by atoms with Gasteiger partial charge in [-0.25, -0.2) is 4.98 Å². The molecule has 0 saturated carbocycles. The predicted molar refractivity (Wildman–Crippen MR) is 56.6 cm³/mol. The van der Waals surface area contributed by atoms with E-state index in [0.29, 0.717) is 6.61 Å². The van der Waals surface area contributed by atoms with E-state index in [9.17, 15) is 4.79 Å². The molecule has 1 aromatic heterocycles. The van der Waals surface area contributed by atoms with Crippen molar-refractivity contribution in [1.82, 2.24) is 4.98 Å². The normalized spacial score (nSPS) is 10.2. The van der Waals surface area contributed by atoms with Gasteiger partial charge in [0.25, 0.3) is 0 Å². The number of hydrogen-bond donors (Lipinski definition) is 0. The molecule has 0 unspecified atom stereocenters. The fourth-order valence-electron chi connectivity index (χ4n) is 1.16. The fourth-order valence-corrected chi connectivity index (χ4v) is 2.15. The van der Waals surface area contributed by atoms with Gasteiger partial charge in [-0.05, 0) is 13.3 Å². The monoisotopic (exact) mass is 213 g/mol. The predicted octanol–water partition coefficient (Wildman–Crippen LogP) is 2.12. The van der Waals surface area contributed by atoms with Crippen molar-refractivity contribution in [2.45, 2.75) is 33.6 Å². The van der Waals surface area contributed by atoms with Crippen molar-refractivity contribution < 1.29 is 9.53 Å². The first kappa shape index (κ1) is 11.2. The topological polar surface area (TPSA) is 39.2 Å². The smallest absolute Gasteiger partial charge is 0.302 e. The second-order valence-corrected chi connectivity index (χ2v) is 4.23. The Morgan fingerprint density at radius 3 is 2.79 bits per heavy atom. The lowest BCUT2D eigenvalue weighted by molar-refractivity contribution is -0.140. The maximum absolute atomic E-state index is 10.5. The zero-order valence-electron chi connectivity index (χ0n) is 8.79. The zero-order valence-corrected chi connectivity index (χ0v) is 9.61. The number of nitrogens with zero attached hydrogens (tertiary/aromatic N) is 1. The molecular formula is C10H15NO2S. The number of esters is 1. The summed E-state index contributed by atoms with van der Waals surface area (Å²) in [6, 6.07) is 0. The molecule has 0 saturated heterocycles. The van der Waals surface area contributed by atoms with Crippen LogP contribution in [0.1, 0.15) is 29.4 Å². The molecule has 0 N–H and O–H groups in total. The van der Waals surface area contributed by atoms with Crippen LogP contribution in [0.4, 0.5) is 0 Å². The molecule has 1 aromatic rings. The Labute approximate surface area is 88.1 Å². The molecule has 78 valence electrons. The first-order chi connectivity index (χ1) is 6.63. The highest BCUT2D eigenvalue weighted by Gasteiger charge is 2.06. The number of aryl methyl sites for hydroxylation is 2. The largest absolute Gasteiger partial charge is 0.465 e. The SMILES string of the molecule is CCc1nc(C)c(CCOC(C)=O)s1. The summed E-state index contributed by atoms with van der Waals surface area (Å²) in [6.07, 6.45) is 1.75. The van der Waals surface area contributed by atoms with Crippen LogP contribution in [0.5, 0.6) is 0 Å². The van der Waals surface area contributed by atoms with Crippen molar-refractivity contribution in [1.29, 1.82) is 0 Å². The third-order valence-electron chi connectivity index (χ3n) is 1.87. The van der Waals surface area contributed by atoms with Crippen molar-refractivity contribution >= 4 is 17.3 Å². The highest BCUT2D eigenvalue weighted by atomic mass is 32.1. The van der Waals surface area contributed by atoms with Crippen LogP contribution in [0.15, 0.2) is 0 Å². The van der Waals surface area contributed by atoms with E-state index in [-0.39, 0.29) is 5.97 Å². The molecule has 4 heteroatoms. The van der Waals surface area contributed by atoms with Crippen molar-refractivity contribution in [3.05, 3.63) is 15.6 Å². The molecule has 0 bridgehead atoms. The Morgan fingerprint density at radius 2 is 2.29 bits per heavy atom. The van der Waals surface area contributed by atoms with Crippen molar-refractivity contribution in [2.24, 2.45) is 0 Å². The van der Waals surface area contributed by atoms with Crippen LogP contribution in [0.2, 0.25) is 0 Å². The van der Waals surface area contributed by atoms with Crippen LogP contribution >= 0.6 is 11.3 Å². The van der Waals surface area contributed by atoms with Crippen LogP contribution in [0, 0.1) is 6.92 Å². The van der Waals surface area contributed by atoms with E-state index >= 15 is 0 Å². The number of aromatic nitrogens is 1. The summed E-state index contributed by atoms with van der Waals surface area (Å²) in [5.74, 6) is -0.220. The molecule has 14 heavy (non-hydrogen) atoms. The van der Waals surface area contributed by atoms with Crippen LogP contribution in [-0.4, -0.2) is 17.6 Å². The van der Waals surface area contributed by atoms with E-state index in [1.807, 2.05) is 6.92 Å². The van der Waals surface area contributed by atoms with Gasteiger partial charge in [0, 0.05) is 18.2 Å². The van der Waals surface area contributed by atoms with Gasteiger partial charge in [0.1, 0.15) is 0 Å². The Bertz CT molecular complexity index is 320. The molecule has 0 spiro atoms. The quantitative estimate of drug-likeness (QED) is 0.719. The van der Waals surface area contributed by atoms with Crippen molar-refractivity contribution in [3.63, 3.8) is 0 Å². The molecule has 0 radical (unpaired) electrons. The van der Waals surface area contributed by atoms with Gasteiger partial charge in [-0.15, -0.1) is 11.3 Å². The van der Waals surface area contributed by atoms with E-state index < -0.39 is 0 Å². The molecule has 0 atom stereocenters. The molecule has 1 rings (SSSR count). The van der Waals surface area contributed by atoms with E-state index in [2.05, 4.69) is 11.9 Å². The van der Waals surface area contributed by atoms with Gasteiger partial charge in [0.05, 0.1) is 17.3 Å². The number of rotatable bonds is 4. The van der Waals surface area contributed by atoms with E-state index in [4.69, 9.17) is 4.74 Å². The zero-order chi connectivity index (χ0) is 10.6. The third-order valence-corrected chi connectivity index (χ3v) is 3.24. The molecule has 0 amide bonds. The molecule has 0 aliphatic carbocycles. The summed E-state index contributed by atoms with van der Waals surface area (Å²) < 4.78 is 4.88. The second kappa shape index (κ2) is 5.10. The minimum atomic E-state index is -0.220. The van der Waals surface area contributed by atoms with Crippen molar-refractivity contribution in [3.8, 4) is 0 Å². The number of carbonyl (C=O) groups excluding carboxylic acids is 1. The number of carbonyl (C=O) groups is 1. The summed E-state index contributed by atoms with van der Waals surface area (Å²) in [6.45, 7) is 5.98. The Kier molecular flexibility index (Phi) is 4.07. The number of hydrogen-bond acceptors (Lipinski definition) is 4. The van der Waals surface area contributed by atoms with Gasteiger partial charge >= 0.3 is 5.97 Å². The lowest BCUT2D eigenvalue weighted by Crippen LogP contribution is -2.02. The summed E-state index contributed by atoms with van der Waals surface area (Å²) in [5.41, 5.74) is 1.07. The van der Waals surface area contributed by atoms with Crippen molar-refractivity contribution in [2.75, 3.05) is 6.61 Å². The molecule has 0 aromatic carbocycles. The molecule has 0 aliphatic heterocycles. The van der Waals surface area contributed by atoms with E-state index in [1.165, 1.54) is 11.8 Å². The van der Waals surface area contributed by atoms with Gasteiger partial charge in [0.15, 0.2) is 0 Å². The Hall–Kier alpha value is -0.900.